The third-order valence-corrected chi connectivity index (χ3v) is 3.04. The first-order valence-electron chi connectivity index (χ1n) is 5.38. The van der Waals surface area contributed by atoms with Gasteiger partial charge < -0.3 is 4.74 Å². The summed E-state index contributed by atoms with van der Waals surface area (Å²) in [5.74, 6) is -0.666. The Kier molecular flexibility index (Phi) is 4.11. The summed E-state index contributed by atoms with van der Waals surface area (Å²) in [6.07, 6.45) is 0. The van der Waals surface area contributed by atoms with Gasteiger partial charge in [0.05, 0.1) is 15.5 Å². The van der Waals surface area contributed by atoms with Gasteiger partial charge in [0, 0.05) is 6.07 Å². The highest BCUT2D eigenvalue weighted by Crippen LogP contribution is 2.32. The number of rotatable bonds is 4. The molecule has 0 aliphatic carbocycles. The van der Waals surface area contributed by atoms with Crippen LogP contribution >= 0.6 is 15.9 Å². The van der Waals surface area contributed by atoms with Crippen molar-refractivity contribution >= 4 is 21.6 Å². The molecule has 0 aliphatic heterocycles. The molecular formula is C13H9BrFNO3. The number of hydrogen-bond donors (Lipinski definition) is 0. The molecule has 0 saturated carbocycles. The maximum atomic E-state index is 13.3. The molecule has 0 heterocycles. The van der Waals surface area contributed by atoms with E-state index in [0.29, 0.717) is 0 Å². The van der Waals surface area contributed by atoms with Crippen molar-refractivity contribution in [2.45, 2.75) is 6.61 Å². The summed E-state index contributed by atoms with van der Waals surface area (Å²) >= 11 is 2.98. The van der Waals surface area contributed by atoms with E-state index in [0.717, 1.165) is 11.6 Å². The number of benzene rings is 2. The molecule has 0 unspecified atom stereocenters. The molecule has 0 amide bonds. The SMILES string of the molecule is O=[N+]([O-])c1cc(F)c(Br)cc1OCc1ccccc1. The molecule has 0 fully saturated rings. The first kappa shape index (κ1) is 13.5. The second-order valence-corrected chi connectivity index (χ2v) is 4.62. The highest BCUT2D eigenvalue weighted by atomic mass is 79.9. The number of hydrogen-bond acceptors (Lipinski definition) is 3. The monoisotopic (exact) mass is 325 g/mol. The molecule has 0 saturated heterocycles. The number of nitro benzene ring substituents is 1. The summed E-state index contributed by atoms with van der Waals surface area (Å²) in [6.45, 7) is 0.180. The molecule has 0 aliphatic rings. The van der Waals surface area contributed by atoms with Gasteiger partial charge in [0.2, 0.25) is 0 Å². The first-order chi connectivity index (χ1) is 9.08. The Balaban J connectivity index is 2.24. The quantitative estimate of drug-likeness (QED) is 0.628. The van der Waals surface area contributed by atoms with Gasteiger partial charge in [-0.15, -0.1) is 0 Å². The molecule has 0 aromatic heterocycles. The Hall–Kier alpha value is -1.95. The zero-order valence-electron chi connectivity index (χ0n) is 9.68. The van der Waals surface area contributed by atoms with Gasteiger partial charge in [-0.2, -0.15) is 0 Å². The Bertz CT molecular complexity index is 604. The Morgan fingerprint density at radius 2 is 1.95 bits per heavy atom. The maximum Gasteiger partial charge on any atom is 0.313 e. The summed E-state index contributed by atoms with van der Waals surface area (Å²) in [6, 6.07) is 11.3. The molecule has 2 rings (SSSR count). The number of halogens is 2. The van der Waals surface area contributed by atoms with Crippen molar-refractivity contribution in [1.82, 2.24) is 0 Å². The predicted octanol–water partition coefficient (Wildman–Crippen LogP) is 4.08. The van der Waals surface area contributed by atoms with Gasteiger partial charge in [-0.3, -0.25) is 10.1 Å². The number of nitro groups is 1. The summed E-state index contributed by atoms with van der Waals surface area (Å²) < 4.78 is 18.8. The fourth-order valence-corrected chi connectivity index (χ4v) is 1.83. The van der Waals surface area contributed by atoms with Crippen LogP contribution in [0.2, 0.25) is 0 Å². The third kappa shape index (κ3) is 3.29. The normalized spacial score (nSPS) is 10.2. The van der Waals surface area contributed by atoms with Crippen molar-refractivity contribution in [2.24, 2.45) is 0 Å². The molecule has 0 N–H and O–H groups in total. The second-order valence-electron chi connectivity index (χ2n) is 3.77. The molecule has 6 heteroatoms. The van der Waals surface area contributed by atoms with E-state index in [1.54, 1.807) is 0 Å². The van der Waals surface area contributed by atoms with Crippen molar-refractivity contribution in [2.75, 3.05) is 0 Å². The minimum absolute atomic E-state index is 0.0297. The van der Waals surface area contributed by atoms with Crippen LogP contribution < -0.4 is 4.74 Å². The third-order valence-electron chi connectivity index (χ3n) is 2.44. The van der Waals surface area contributed by atoms with E-state index in [4.69, 9.17) is 4.74 Å². The Labute approximate surface area is 117 Å². The van der Waals surface area contributed by atoms with Crippen LogP contribution in [0.1, 0.15) is 5.56 Å². The van der Waals surface area contributed by atoms with E-state index < -0.39 is 16.4 Å². The molecule has 2 aromatic carbocycles. The molecule has 98 valence electrons. The van der Waals surface area contributed by atoms with E-state index in [-0.39, 0.29) is 16.8 Å². The van der Waals surface area contributed by atoms with Gasteiger partial charge in [-0.05, 0) is 21.5 Å². The van der Waals surface area contributed by atoms with E-state index >= 15 is 0 Å². The summed E-state index contributed by atoms with van der Waals surface area (Å²) in [7, 11) is 0. The second kappa shape index (κ2) is 5.79. The average molecular weight is 326 g/mol. The van der Waals surface area contributed by atoms with Crippen LogP contribution in [0.15, 0.2) is 46.9 Å². The molecule has 19 heavy (non-hydrogen) atoms. The van der Waals surface area contributed by atoms with Crippen LogP contribution in [0, 0.1) is 15.9 Å². The standard InChI is InChI=1S/C13H9BrFNO3/c14-10-6-13(12(16(17)18)7-11(10)15)19-8-9-4-2-1-3-5-9/h1-7H,8H2. The van der Waals surface area contributed by atoms with Crippen molar-refractivity contribution in [3.8, 4) is 5.75 Å². The van der Waals surface area contributed by atoms with Crippen LogP contribution in [0.3, 0.4) is 0 Å². The largest absolute Gasteiger partial charge is 0.482 e. The minimum atomic E-state index is -0.696. The highest BCUT2D eigenvalue weighted by molar-refractivity contribution is 9.10. The van der Waals surface area contributed by atoms with Crippen molar-refractivity contribution in [1.29, 1.82) is 0 Å². The van der Waals surface area contributed by atoms with Crippen LogP contribution in [0.25, 0.3) is 0 Å². The predicted molar refractivity (Wildman–Crippen MR) is 71.5 cm³/mol. The zero-order chi connectivity index (χ0) is 13.8. The number of ether oxygens (including phenoxy) is 1. The molecule has 2 aromatic rings. The van der Waals surface area contributed by atoms with Crippen LogP contribution in [0.5, 0.6) is 5.75 Å². The van der Waals surface area contributed by atoms with Gasteiger partial charge in [0.25, 0.3) is 0 Å². The lowest BCUT2D eigenvalue weighted by Gasteiger charge is -2.07. The van der Waals surface area contributed by atoms with Crippen LogP contribution in [0.4, 0.5) is 10.1 Å². The molecule has 4 nitrogen and oxygen atoms in total. The van der Waals surface area contributed by atoms with Crippen molar-refractivity contribution in [3.63, 3.8) is 0 Å². The minimum Gasteiger partial charge on any atom is -0.482 e. The topological polar surface area (TPSA) is 52.4 Å². The highest BCUT2D eigenvalue weighted by Gasteiger charge is 2.19. The Morgan fingerprint density at radius 3 is 2.58 bits per heavy atom. The van der Waals surface area contributed by atoms with Gasteiger partial charge in [0.15, 0.2) is 5.75 Å². The van der Waals surface area contributed by atoms with Crippen molar-refractivity contribution < 1.29 is 14.1 Å². The summed E-state index contributed by atoms with van der Waals surface area (Å²) in [4.78, 5) is 10.2. The van der Waals surface area contributed by atoms with Gasteiger partial charge in [-0.25, -0.2) is 4.39 Å². The van der Waals surface area contributed by atoms with E-state index in [9.17, 15) is 14.5 Å². The lowest BCUT2D eigenvalue weighted by atomic mass is 10.2. The zero-order valence-corrected chi connectivity index (χ0v) is 11.3. The summed E-state index contributed by atoms with van der Waals surface area (Å²) in [5, 5.41) is 10.8. The molecule has 0 atom stereocenters. The molecule has 0 spiro atoms. The van der Waals surface area contributed by atoms with E-state index in [2.05, 4.69) is 15.9 Å². The lowest BCUT2D eigenvalue weighted by Crippen LogP contribution is -2.00. The van der Waals surface area contributed by atoms with Crippen molar-refractivity contribution in [3.05, 3.63) is 68.4 Å². The fourth-order valence-electron chi connectivity index (χ4n) is 1.51. The number of nitrogens with zero attached hydrogens (tertiary/aromatic N) is 1. The van der Waals surface area contributed by atoms with Crippen LogP contribution in [-0.4, -0.2) is 4.92 Å². The van der Waals surface area contributed by atoms with Crippen LogP contribution in [-0.2, 0) is 6.61 Å². The van der Waals surface area contributed by atoms with Gasteiger partial charge in [0.1, 0.15) is 12.4 Å². The van der Waals surface area contributed by atoms with E-state index in [1.165, 1.54) is 6.07 Å². The average Bonchev–Trinajstić information content (AvgIpc) is 2.40. The van der Waals surface area contributed by atoms with Gasteiger partial charge >= 0.3 is 5.69 Å². The molecule has 0 bridgehead atoms. The Morgan fingerprint density at radius 1 is 1.26 bits per heavy atom. The maximum absolute atomic E-state index is 13.3. The summed E-state index contributed by atoms with van der Waals surface area (Å²) in [5.41, 5.74) is 0.480. The first-order valence-corrected chi connectivity index (χ1v) is 6.17. The molecular weight excluding hydrogens is 317 g/mol. The molecule has 0 radical (unpaired) electrons. The fraction of sp³-hybridized carbons (Fsp3) is 0.0769. The van der Waals surface area contributed by atoms with Gasteiger partial charge in [-0.1, -0.05) is 30.3 Å². The smallest absolute Gasteiger partial charge is 0.313 e. The van der Waals surface area contributed by atoms with E-state index in [1.807, 2.05) is 30.3 Å². The lowest BCUT2D eigenvalue weighted by molar-refractivity contribution is -0.386.